The number of aliphatic hydroxyl groups excluding tert-OH is 4. The SMILES string of the molecule is OC[C@H]1[C@@H](O)[C@H](O)[C@@H](O)CN1CCc1ccc(OCC2CCOC2)cc1. The Hall–Kier alpha value is -1.22. The van der Waals surface area contributed by atoms with E-state index in [1.165, 1.54) is 0 Å². The average molecular weight is 367 g/mol. The molecule has 0 radical (unpaired) electrons. The van der Waals surface area contributed by atoms with Crippen LogP contribution in [0.5, 0.6) is 5.75 Å². The van der Waals surface area contributed by atoms with Crippen molar-refractivity contribution in [3.05, 3.63) is 29.8 Å². The van der Waals surface area contributed by atoms with Crippen LogP contribution in [0.3, 0.4) is 0 Å². The second kappa shape index (κ2) is 9.12. The fourth-order valence-corrected chi connectivity index (χ4v) is 3.59. The zero-order valence-electron chi connectivity index (χ0n) is 14.9. The summed E-state index contributed by atoms with van der Waals surface area (Å²) in [5.41, 5.74) is 1.10. The molecule has 146 valence electrons. The molecule has 5 atom stereocenters. The first kappa shape index (κ1) is 19.5. The van der Waals surface area contributed by atoms with Gasteiger partial charge in [0.25, 0.3) is 0 Å². The lowest BCUT2D eigenvalue weighted by molar-refractivity contribution is -0.144. The van der Waals surface area contributed by atoms with Crippen LogP contribution < -0.4 is 4.74 Å². The Morgan fingerprint density at radius 2 is 1.88 bits per heavy atom. The van der Waals surface area contributed by atoms with Gasteiger partial charge in [0.15, 0.2) is 0 Å². The Morgan fingerprint density at radius 1 is 1.12 bits per heavy atom. The van der Waals surface area contributed by atoms with Gasteiger partial charge in [0.05, 0.1) is 32.0 Å². The number of hydrogen-bond acceptors (Lipinski definition) is 7. The van der Waals surface area contributed by atoms with E-state index in [1.807, 2.05) is 29.2 Å². The minimum absolute atomic E-state index is 0.230. The van der Waals surface area contributed by atoms with Crippen LogP contribution in [0, 0.1) is 5.92 Å². The third-order valence-electron chi connectivity index (χ3n) is 5.34. The van der Waals surface area contributed by atoms with Gasteiger partial charge in [-0.05, 0) is 30.5 Å². The number of nitrogens with zero attached hydrogens (tertiary/aromatic N) is 1. The van der Waals surface area contributed by atoms with E-state index < -0.39 is 24.4 Å². The number of piperidine rings is 1. The zero-order chi connectivity index (χ0) is 18.5. The number of benzene rings is 1. The van der Waals surface area contributed by atoms with Gasteiger partial charge in [0.2, 0.25) is 0 Å². The predicted octanol–water partition coefficient (Wildman–Crippen LogP) is -0.596. The number of β-amino-alcohol motifs (C(OH)–C–C–N with tert-alkyl or cyclic N) is 1. The molecule has 2 aliphatic rings. The summed E-state index contributed by atoms with van der Waals surface area (Å²) in [5, 5.41) is 39.1. The molecule has 1 aromatic rings. The number of ether oxygens (including phenoxy) is 2. The lowest BCUT2D eigenvalue weighted by Gasteiger charge is -2.43. The second-order valence-electron chi connectivity index (χ2n) is 7.23. The van der Waals surface area contributed by atoms with E-state index in [2.05, 4.69) is 0 Å². The summed E-state index contributed by atoms with van der Waals surface area (Å²) in [7, 11) is 0. The van der Waals surface area contributed by atoms with Crippen LogP contribution in [-0.4, -0.2) is 89.2 Å². The minimum Gasteiger partial charge on any atom is -0.493 e. The lowest BCUT2D eigenvalue weighted by Crippen LogP contribution is -2.62. The van der Waals surface area contributed by atoms with Crippen molar-refractivity contribution in [2.24, 2.45) is 5.92 Å². The van der Waals surface area contributed by atoms with Crippen molar-refractivity contribution in [2.75, 3.05) is 39.5 Å². The summed E-state index contributed by atoms with van der Waals surface area (Å²) in [5.74, 6) is 1.30. The van der Waals surface area contributed by atoms with Crippen molar-refractivity contribution in [3.8, 4) is 5.75 Å². The van der Waals surface area contributed by atoms with Gasteiger partial charge >= 0.3 is 0 Å². The maximum Gasteiger partial charge on any atom is 0.119 e. The summed E-state index contributed by atoms with van der Waals surface area (Å²) >= 11 is 0. The molecule has 3 rings (SSSR count). The largest absolute Gasteiger partial charge is 0.493 e. The molecule has 2 heterocycles. The van der Waals surface area contributed by atoms with Gasteiger partial charge in [0.1, 0.15) is 18.0 Å². The molecule has 26 heavy (non-hydrogen) atoms. The first-order valence-electron chi connectivity index (χ1n) is 9.27. The average Bonchev–Trinajstić information content (AvgIpc) is 3.17. The van der Waals surface area contributed by atoms with Crippen LogP contribution in [0.1, 0.15) is 12.0 Å². The van der Waals surface area contributed by atoms with Gasteiger partial charge in [-0.1, -0.05) is 12.1 Å². The molecule has 0 aliphatic carbocycles. The summed E-state index contributed by atoms with van der Waals surface area (Å²) in [6, 6.07) is 7.32. The quantitative estimate of drug-likeness (QED) is 0.511. The van der Waals surface area contributed by atoms with Crippen LogP contribution in [0.4, 0.5) is 0 Å². The normalized spacial score (nSPS) is 32.7. The third-order valence-corrected chi connectivity index (χ3v) is 5.34. The van der Waals surface area contributed by atoms with E-state index in [0.717, 1.165) is 30.9 Å². The number of rotatable bonds is 7. The van der Waals surface area contributed by atoms with E-state index in [9.17, 15) is 20.4 Å². The topological polar surface area (TPSA) is 103 Å². The van der Waals surface area contributed by atoms with Crippen molar-refractivity contribution in [2.45, 2.75) is 37.2 Å². The first-order valence-corrected chi connectivity index (χ1v) is 9.27. The molecule has 4 N–H and O–H groups in total. The summed E-state index contributed by atoms with van der Waals surface area (Å²) in [6.07, 6.45) is -1.62. The highest BCUT2D eigenvalue weighted by Gasteiger charge is 2.40. The summed E-state index contributed by atoms with van der Waals surface area (Å²) < 4.78 is 11.1. The highest BCUT2D eigenvalue weighted by Crippen LogP contribution is 2.21. The number of hydrogen-bond donors (Lipinski definition) is 4. The molecule has 7 heteroatoms. The molecule has 1 unspecified atom stereocenters. The maximum absolute atomic E-state index is 10.0. The summed E-state index contributed by atoms with van der Waals surface area (Å²) in [4.78, 5) is 1.83. The Kier molecular flexibility index (Phi) is 6.86. The highest BCUT2D eigenvalue weighted by molar-refractivity contribution is 5.27. The van der Waals surface area contributed by atoms with Gasteiger partial charge in [-0.25, -0.2) is 0 Å². The smallest absolute Gasteiger partial charge is 0.119 e. The molecule has 0 amide bonds. The molecule has 1 aromatic carbocycles. The molecule has 0 aromatic heterocycles. The first-order chi connectivity index (χ1) is 12.6. The van der Waals surface area contributed by atoms with Gasteiger partial charge in [-0.2, -0.15) is 0 Å². The minimum atomic E-state index is -1.22. The van der Waals surface area contributed by atoms with Crippen LogP contribution in [0.25, 0.3) is 0 Å². The monoisotopic (exact) mass is 367 g/mol. The molecule has 2 saturated heterocycles. The molecule has 2 fully saturated rings. The van der Waals surface area contributed by atoms with Crippen LogP contribution >= 0.6 is 0 Å². The van der Waals surface area contributed by atoms with Crippen molar-refractivity contribution in [1.29, 1.82) is 0 Å². The molecular formula is C19H29NO6. The molecule has 2 aliphatic heterocycles. The van der Waals surface area contributed by atoms with E-state index in [-0.39, 0.29) is 13.2 Å². The Bertz CT molecular complexity index is 547. The van der Waals surface area contributed by atoms with Crippen LogP contribution in [0.15, 0.2) is 24.3 Å². The lowest BCUT2D eigenvalue weighted by atomic mass is 9.94. The van der Waals surface area contributed by atoms with Crippen molar-refractivity contribution in [3.63, 3.8) is 0 Å². The fraction of sp³-hybridized carbons (Fsp3) is 0.684. The van der Waals surface area contributed by atoms with Crippen molar-refractivity contribution in [1.82, 2.24) is 4.90 Å². The van der Waals surface area contributed by atoms with Crippen LogP contribution in [0.2, 0.25) is 0 Å². The standard InChI is InChI=1S/C19H29NO6/c21-10-16-18(23)19(24)17(22)9-20(16)7-5-13-1-3-15(4-2-13)26-12-14-6-8-25-11-14/h1-4,14,16-19,21-24H,5-12H2/t14?,16-,17-,18+,19+/m0/s1. The predicted molar refractivity (Wildman–Crippen MR) is 95.0 cm³/mol. The molecular weight excluding hydrogens is 338 g/mol. The second-order valence-corrected chi connectivity index (χ2v) is 7.23. The Labute approximate surface area is 153 Å². The third kappa shape index (κ3) is 4.73. The zero-order valence-corrected chi connectivity index (χ0v) is 14.9. The van der Waals surface area contributed by atoms with Crippen molar-refractivity contribution < 1.29 is 29.9 Å². The van der Waals surface area contributed by atoms with Gasteiger partial charge in [-0.15, -0.1) is 0 Å². The highest BCUT2D eigenvalue weighted by atomic mass is 16.5. The molecule has 0 saturated carbocycles. The maximum atomic E-state index is 10.0. The molecule has 0 spiro atoms. The van der Waals surface area contributed by atoms with E-state index in [1.54, 1.807) is 0 Å². The number of likely N-dealkylation sites (tertiary alicyclic amines) is 1. The fourth-order valence-electron chi connectivity index (χ4n) is 3.59. The summed E-state index contributed by atoms with van der Waals surface area (Å²) in [6.45, 7) is 2.80. The Morgan fingerprint density at radius 3 is 2.54 bits per heavy atom. The molecule has 7 nitrogen and oxygen atoms in total. The number of aliphatic hydroxyl groups is 4. The van der Waals surface area contributed by atoms with Gasteiger partial charge in [-0.3, -0.25) is 4.90 Å². The van der Waals surface area contributed by atoms with Crippen LogP contribution in [-0.2, 0) is 11.2 Å². The van der Waals surface area contributed by atoms with E-state index >= 15 is 0 Å². The Balaban J connectivity index is 1.49. The van der Waals surface area contributed by atoms with E-state index in [4.69, 9.17) is 9.47 Å². The van der Waals surface area contributed by atoms with E-state index in [0.29, 0.717) is 25.5 Å². The molecule has 0 bridgehead atoms. The van der Waals surface area contributed by atoms with Gasteiger partial charge in [0, 0.05) is 25.6 Å². The van der Waals surface area contributed by atoms with Gasteiger partial charge < -0.3 is 29.9 Å². The van der Waals surface area contributed by atoms with Crippen molar-refractivity contribution >= 4 is 0 Å².